The van der Waals surface area contributed by atoms with Gasteiger partial charge in [-0.25, -0.2) is 0 Å². The van der Waals surface area contributed by atoms with Crippen molar-refractivity contribution in [1.29, 1.82) is 0 Å². The van der Waals surface area contributed by atoms with Gasteiger partial charge in [0.1, 0.15) is 0 Å². The van der Waals surface area contributed by atoms with E-state index in [-0.39, 0.29) is 15.6 Å². The Hall–Kier alpha value is -1.35. The Morgan fingerprint density at radius 1 is 1.54 bits per heavy atom. The van der Waals surface area contributed by atoms with Gasteiger partial charge in [-0.2, -0.15) is 0 Å². The number of nitrogens with two attached hydrogens (primary N) is 1. The maximum absolute atomic E-state index is 10.8. The van der Waals surface area contributed by atoms with E-state index in [9.17, 15) is 14.9 Å². The van der Waals surface area contributed by atoms with Gasteiger partial charge in [0.25, 0.3) is 0 Å². The molecule has 0 heterocycles. The number of hydrogen-bond donors (Lipinski definition) is 1. The van der Waals surface area contributed by atoms with Crippen molar-refractivity contribution in [3.8, 4) is 0 Å². The molecule has 0 spiro atoms. The fourth-order valence-electron chi connectivity index (χ4n) is 0.877. The van der Waals surface area contributed by atoms with Gasteiger partial charge in [0, 0.05) is 0 Å². The zero-order chi connectivity index (χ0) is 10.0. The molecule has 2 N–H and O–H groups in total. The number of nitro groups is 1. The van der Waals surface area contributed by atoms with Crippen molar-refractivity contribution in [2.24, 2.45) is 5.73 Å². The van der Waals surface area contributed by atoms with Gasteiger partial charge in [-0.05, 0) is 0 Å². The number of primary amides is 1. The molecule has 0 aliphatic carbocycles. The summed E-state index contributed by atoms with van der Waals surface area (Å²) in [5.74, 6) is -0.667. The van der Waals surface area contributed by atoms with Gasteiger partial charge < -0.3 is 0 Å². The summed E-state index contributed by atoms with van der Waals surface area (Å²) in [6.07, 6.45) is 0. The molecular weight excluding hydrogens is 235 g/mol. The number of nitro benzene ring substituents is 1. The Labute approximate surface area is 82.6 Å². The first-order chi connectivity index (χ1) is 6.04. The predicted octanol–water partition coefficient (Wildman–Crippen LogP) is -0.513. The van der Waals surface area contributed by atoms with Crippen LogP contribution in [-0.4, -0.2) is 27.7 Å². The van der Waals surface area contributed by atoms with E-state index in [1.54, 1.807) is 0 Å². The van der Waals surface area contributed by atoms with Crippen LogP contribution < -0.4 is 10.1 Å². The molecule has 1 aromatic carbocycles. The molecule has 2 radical (unpaired) electrons. The number of benzene rings is 1. The predicted molar refractivity (Wildman–Crippen MR) is 47.0 cm³/mol. The molecule has 5 nitrogen and oxygen atoms in total. The van der Waals surface area contributed by atoms with E-state index >= 15 is 0 Å². The van der Waals surface area contributed by atoms with Gasteiger partial charge in [0.2, 0.25) is 0 Å². The van der Waals surface area contributed by atoms with Crippen LogP contribution in [-0.2, 0) is 0 Å². The van der Waals surface area contributed by atoms with Crippen molar-refractivity contribution in [2.45, 2.75) is 0 Å². The molecule has 0 saturated heterocycles. The summed E-state index contributed by atoms with van der Waals surface area (Å²) in [4.78, 5) is 20.7. The van der Waals surface area contributed by atoms with Gasteiger partial charge in [-0.1, -0.05) is 0 Å². The van der Waals surface area contributed by atoms with Gasteiger partial charge in [-0.15, -0.1) is 0 Å². The summed E-state index contributed by atoms with van der Waals surface area (Å²) in [5, 5.41) is 10.4. The van der Waals surface area contributed by atoms with E-state index in [2.05, 4.69) is 0 Å². The van der Waals surface area contributed by atoms with E-state index in [4.69, 9.17) is 5.73 Å². The van der Waals surface area contributed by atoms with E-state index in [0.717, 1.165) is 0 Å². The van der Waals surface area contributed by atoms with Crippen LogP contribution in [0.4, 0.5) is 5.69 Å². The summed E-state index contributed by atoms with van der Waals surface area (Å²) in [7, 11) is 0. The van der Waals surface area contributed by atoms with Crippen LogP contribution in [0.1, 0.15) is 10.4 Å². The molecule has 1 aromatic rings. The number of carbonyl (C=O) groups excluding carboxylic acids is 1. The first-order valence-electron chi connectivity index (χ1n) is 3.30. The third-order valence-corrected chi connectivity index (χ3v) is 2.46. The normalized spacial score (nSPS) is 9.62. The fraction of sp³-hybridized carbons (Fsp3) is 0. The van der Waals surface area contributed by atoms with Crippen molar-refractivity contribution in [1.82, 2.24) is 0 Å². The van der Waals surface area contributed by atoms with Crippen molar-refractivity contribution < 1.29 is 9.72 Å². The molecule has 0 atom stereocenters. The number of hydrogen-bond acceptors (Lipinski definition) is 3. The molecule has 0 aromatic heterocycles. The standard InChI is InChI=1S/C7H5AsN2O3/c8-6-4(7(9)11)2-1-3-5(6)10(12)13/h1-3H,(H2,9,11). The van der Waals surface area contributed by atoms with Crippen LogP contribution in [0.3, 0.4) is 0 Å². The number of amides is 1. The first kappa shape index (κ1) is 9.73. The molecule has 1 rings (SSSR count). The molecule has 0 saturated carbocycles. The molecule has 0 fully saturated rings. The molecule has 1 amide bonds. The number of carbonyl (C=O) groups is 1. The Morgan fingerprint density at radius 2 is 2.15 bits per heavy atom. The Morgan fingerprint density at radius 3 is 2.62 bits per heavy atom. The molecule has 0 unspecified atom stereocenters. The third-order valence-electron chi connectivity index (χ3n) is 1.48. The van der Waals surface area contributed by atoms with Crippen LogP contribution >= 0.6 is 0 Å². The first-order valence-corrected chi connectivity index (χ1v) is 4.24. The third kappa shape index (κ3) is 1.87. The molecule has 0 aliphatic rings. The monoisotopic (exact) mass is 240 g/mol. The average Bonchev–Trinajstić information content (AvgIpc) is 2.03. The van der Waals surface area contributed by atoms with Crippen LogP contribution in [0.5, 0.6) is 0 Å². The second-order valence-corrected chi connectivity index (χ2v) is 3.23. The van der Waals surface area contributed by atoms with Gasteiger partial charge in [-0.3, -0.25) is 0 Å². The molecule has 66 valence electrons. The van der Waals surface area contributed by atoms with Crippen LogP contribution in [0, 0.1) is 10.1 Å². The second kappa shape index (κ2) is 3.58. The van der Waals surface area contributed by atoms with Crippen molar-refractivity contribution in [3.63, 3.8) is 0 Å². The van der Waals surface area contributed by atoms with Crippen molar-refractivity contribution >= 4 is 32.8 Å². The minimum atomic E-state index is -0.667. The maximum atomic E-state index is 10.8. The van der Waals surface area contributed by atoms with Crippen LogP contribution in [0.15, 0.2) is 18.2 Å². The summed E-state index contributed by atoms with van der Waals surface area (Å²) in [6, 6.07) is 4.19. The Kier molecular flexibility index (Phi) is 2.68. The quantitative estimate of drug-likeness (QED) is 0.429. The van der Waals surface area contributed by atoms with Crippen molar-refractivity contribution in [3.05, 3.63) is 33.9 Å². The molecule has 0 aliphatic heterocycles. The van der Waals surface area contributed by atoms with Gasteiger partial charge in [0.05, 0.1) is 0 Å². The van der Waals surface area contributed by atoms with Crippen LogP contribution in [0.2, 0.25) is 0 Å². The zero-order valence-corrected chi connectivity index (χ0v) is 8.31. The van der Waals surface area contributed by atoms with Crippen LogP contribution in [0.25, 0.3) is 0 Å². The molecule has 0 bridgehead atoms. The van der Waals surface area contributed by atoms with E-state index in [1.165, 1.54) is 18.2 Å². The van der Waals surface area contributed by atoms with E-state index in [1.807, 2.05) is 16.9 Å². The Bertz CT molecular complexity index is 346. The van der Waals surface area contributed by atoms with E-state index in [0.29, 0.717) is 0 Å². The fourth-order valence-corrected chi connectivity index (χ4v) is 1.59. The summed E-state index contributed by atoms with van der Waals surface area (Å²) < 4.78 is 0.243. The topological polar surface area (TPSA) is 86.2 Å². The summed E-state index contributed by atoms with van der Waals surface area (Å²) in [5.41, 5.74) is 5.06. The minimum absolute atomic E-state index is 0.115. The number of rotatable bonds is 2. The summed E-state index contributed by atoms with van der Waals surface area (Å²) >= 11 is 1.98. The average molecular weight is 240 g/mol. The van der Waals surface area contributed by atoms with E-state index < -0.39 is 10.8 Å². The van der Waals surface area contributed by atoms with Gasteiger partial charge in [0.15, 0.2) is 0 Å². The SMILES string of the molecule is NC(=O)c1cccc([N+](=O)[O-])c1[As]. The molecule has 13 heavy (non-hydrogen) atoms. The van der Waals surface area contributed by atoms with Gasteiger partial charge >= 0.3 is 82.1 Å². The van der Waals surface area contributed by atoms with Crippen molar-refractivity contribution in [2.75, 3.05) is 0 Å². The summed E-state index contributed by atoms with van der Waals surface area (Å²) in [6.45, 7) is 0. The molecule has 6 heteroatoms. The number of nitrogens with zero attached hydrogens (tertiary/aromatic N) is 1. The zero-order valence-electron chi connectivity index (χ0n) is 6.43. The Balaban J connectivity index is 3.35. The second-order valence-electron chi connectivity index (χ2n) is 2.29. The molecular formula is C7H5AsN2O3.